The number of esters is 1. The zero-order valence-corrected chi connectivity index (χ0v) is 18.0. The number of rotatable bonds is 7. The maximum atomic E-state index is 12.0. The standard InChI is InChI=1S/C22H20Cl2N2O4/c1-3-14-5-7-15(8-6-14)26-19(27)11-29-20(28)12-30-22-18(24)10-17(23)16-9-4-13(2)25-21(16)22/h4-10H,3,11-12H2,1-2H3,(H,26,27). The predicted molar refractivity (Wildman–Crippen MR) is 117 cm³/mol. The molecule has 1 N–H and O–H groups in total. The van der Waals surface area contributed by atoms with Gasteiger partial charge >= 0.3 is 5.97 Å². The van der Waals surface area contributed by atoms with Crippen molar-refractivity contribution in [3.8, 4) is 5.75 Å². The summed E-state index contributed by atoms with van der Waals surface area (Å²) in [5.74, 6) is -0.921. The number of benzene rings is 2. The number of hydrogen-bond donors (Lipinski definition) is 1. The molecule has 1 aromatic heterocycles. The Bertz CT molecular complexity index is 1080. The second kappa shape index (κ2) is 9.78. The first-order valence-electron chi connectivity index (χ1n) is 9.30. The lowest BCUT2D eigenvalue weighted by Crippen LogP contribution is -2.23. The van der Waals surface area contributed by atoms with E-state index < -0.39 is 25.1 Å². The fraction of sp³-hybridized carbons (Fsp3) is 0.227. The summed E-state index contributed by atoms with van der Waals surface area (Å²) in [5, 5.41) is 3.98. The molecule has 0 bridgehead atoms. The third kappa shape index (κ3) is 5.40. The van der Waals surface area contributed by atoms with Crippen molar-refractivity contribution in [2.24, 2.45) is 0 Å². The number of pyridine rings is 1. The van der Waals surface area contributed by atoms with Crippen LogP contribution >= 0.6 is 23.2 Å². The zero-order valence-electron chi connectivity index (χ0n) is 16.5. The first-order chi connectivity index (χ1) is 14.4. The van der Waals surface area contributed by atoms with Crippen molar-refractivity contribution in [3.63, 3.8) is 0 Å². The molecule has 0 aliphatic carbocycles. The van der Waals surface area contributed by atoms with E-state index >= 15 is 0 Å². The van der Waals surface area contributed by atoms with Crippen LogP contribution in [0.5, 0.6) is 5.75 Å². The number of carbonyl (C=O) groups is 2. The third-order valence-corrected chi connectivity index (χ3v) is 4.92. The van der Waals surface area contributed by atoms with Crippen molar-refractivity contribution in [1.29, 1.82) is 0 Å². The molecule has 8 heteroatoms. The summed E-state index contributed by atoms with van der Waals surface area (Å²) in [5.41, 5.74) is 2.99. The van der Waals surface area contributed by atoms with Crippen LogP contribution < -0.4 is 10.1 Å². The second-order valence-corrected chi connectivity index (χ2v) is 7.38. The van der Waals surface area contributed by atoms with E-state index in [-0.39, 0.29) is 10.8 Å². The summed E-state index contributed by atoms with van der Waals surface area (Å²) in [7, 11) is 0. The van der Waals surface area contributed by atoms with Gasteiger partial charge in [-0.05, 0) is 49.2 Å². The maximum absolute atomic E-state index is 12.0. The van der Waals surface area contributed by atoms with Crippen LogP contribution in [0.4, 0.5) is 5.69 Å². The molecule has 0 radical (unpaired) electrons. The van der Waals surface area contributed by atoms with Gasteiger partial charge in [-0.2, -0.15) is 0 Å². The van der Waals surface area contributed by atoms with Crippen molar-refractivity contribution in [2.75, 3.05) is 18.5 Å². The molecule has 0 unspecified atom stereocenters. The number of aromatic nitrogens is 1. The molecule has 30 heavy (non-hydrogen) atoms. The topological polar surface area (TPSA) is 77.5 Å². The van der Waals surface area contributed by atoms with Crippen LogP contribution in [0.1, 0.15) is 18.2 Å². The summed E-state index contributed by atoms with van der Waals surface area (Å²) in [4.78, 5) is 28.4. The van der Waals surface area contributed by atoms with Gasteiger partial charge < -0.3 is 14.8 Å². The van der Waals surface area contributed by atoms with E-state index in [1.54, 1.807) is 18.2 Å². The predicted octanol–water partition coefficient (Wildman–Crippen LogP) is 4.97. The Morgan fingerprint density at radius 1 is 1.03 bits per heavy atom. The van der Waals surface area contributed by atoms with Crippen LogP contribution in [0.15, 0.2) is 42.5 Å². The Kier molecular flexibility index (Phi) is 7.13. The van der Waals surface area contributed by atoms with Gasteiger partial charge in [0.15, 0.2) is 19.0 Å². The molecular formula is C22H20Cl2N2O4. The second-order valence-electron chi connectivity index (χ2n) is 6.57. The molecule has 0 aliphatic heterocycles. The highest BCUT2D eigenvalue weighted by molar-refractivity contribution is 6.39. The van der Waals surface area contributed by atoms with Crippen LogP contribution in [0.3, 0.4) is 0 Å². The van der Waals surface area contributed by atoms with Gasteiger partial charge in [-0.25, -0.2) is 9.78 Å². The van der Waals surface area contributed by atoms with E-state index in [4.69, 9.17) is 32.7 Å². The van der Waals surface area contributed by atoms with Crippen LogP contribution in [0.25, 0.3) is 10.9 Å². The first kappa shape index (κ1) is 21.9. The van der Waals surface area contributed by atoms with Crippen molar-refractivity contribution in [2.45, 2.75) is 20.3 Å². The average Bonchev–Trinajstić information content (AvgIpc) is 2.72. The van der Waals surface area contributed by atoms with E-state index in [9.17, 15) is 9.59 Å². The van der Waals surface area contributed by atoms with E-state index in [1.165, 1.54) is 6.07 Å². The minimum atomic E-state index is -0.710. The van der Waals surface area contributed by atoms with E-state index in [1.807, 2.05) is 32.0 Å². The number of halogens is 2. The van der Waals surface area contributed by atoms with Crippen LogP contribution in [0.2, 0.25) is 10.0 Å². The molecule has 3 rings (SSSR count). The average molecular weight is 447 g/mol. The molecule has 0 atom stereocenters. The largest absolute Gasteiger partial charge is 0.478 e. The Labute approximate surface area is 184 Å². The molecule has 3 aromatic rings. The van der Waals surface area contributed by atoms with Crippen molar-refractivity contribution in [1.82, 2.24) is 4.98 Å². The van der Waals surface area contributed by atoms with E-state index in [0.29, 0.717) is 21.6 Å². The first-order valence-corrected chi connectivity index (χ1v) is 10.1. The number of nitrogens with one attached hydrogen (secondary N) is 1. The summed E-state index contributed by atoms with van der Waals surface area (Å²) < 4.78 is 10.5. The monoisotopic (exact) mass is 446 g/mol. The number of aryl methyl sites for hydroxylation is 2. The van der Waals surface area contributed by atoms with Crippen molar-refractivity contribution in [3.05, 3.63) is 63.8 Å². The van der Waals surface area contributed by atoms with Gasteiger partial charge in [0.25, 0.3) is 5.91 Å². The Morgan fingerprint density at radius 2 is 1.77 bits per heavy atom. The maximum Gasteiger partial charge on any atom is 0.344 e. The van der Waals surface area contributed by atoms with Crippen molar-refractivity contribution < 1.29 is 19.1 Å². The molecular weight excluding hydrogens is 427 g/mol. The quantitative estimate of drug-likeness (QED) is 0.518. The molecule has 0 saturated heterocycles. The number of amides is 1. The number of carbonyl (C=O) groups excluding carboxylic acids is 2. The molecule has 156 valence electrons. The SMILES string of the molecule is CCc1ccc(NC(=O)COC(=O)COc2c(Cl)cc(Cl)c3ccc(C)nc23)cc1. The lowest BCUT2D eigenvalue weighted by molar-refractivity contribution is -0.149. The Balaban J connectivity index is 1.57. The fourth-order valence-corrected chi connectivity index (χ4v) is 3.34. The highest BCUT2D eigenvalue weighted by atomic mass is 35.5. The number of ether oxygens (including phenoxy) is 2. The molecule has 0 aliphatic rings. The highest BCUT2D eigenvalue weighted by Crippen LogP contribution is 2.37. The van der Waals surface area contributed by atoms with Gasteiger partial charge in [0.2, 0.25) is 0 Å². The van der Waals surface area contributed by atoms with Gasteiger partial charge in [-0.3, -0.25) is 4.79 Å². The summed E-state index contributed by atoms with van der Waals surface area (Å²) in [6.07, 6.45) is 0.911. The Hall–Kier alpha value is -2.83. The highest BCUT2D eigenvalue weighted by Gasteiger charge is 2.16. The van der Waals surface area contributed by atoms with Gasteiger partial charge in [-0.15, -0.1) is 0 Å². The van der Waals surface area contributed by atoms with Gasteiger partial charge in [0.1, 0.15) is 5.52 Å². The number of anilines is 1. The van der Waals surface area contributed by atoms with Gasteiger partial charge in [0, 0.05) is 16.8 Å². The van der Waals surface area contributed by atoms with Crippen LogP contribution in [-0.2, 0) is 20.7 Å². The van der Waals surface area contributed by atoms with Crippen LogP contribution in [-0.4, -0.2) is 30.1 Å². The molecule has 1 amide bonds. The minimum Gasteiger partial charge on any atom is -0.478 e. The van der Waals surface area contributed by atoms with E-state index in [0.717, 1.165) is 17.7 Å². The fourth-order valence-electron chi connectivity index (χ4n) is 2.77. The van der Waals surface area contributed by atoms with Crippen molar-refractivity contribution >= 4 is 51.7 Å². The van der Waals surface area contributed by atoms with E-state index in [2.05, 4.69) is 10.3 Å². The van der Waals surface area contributed by atoms with Gasteiger partial charge in [0.05, 0.1) is 10.0 Å². The molecule has 0 fully saturated rings. The number of nitrogens with zero attached hydrogens (tertiary/aromatic N) is 1. The zero-order chi connectivity index (χ0) is 21.7. The van der Waals surface area contributed by atoms with Gasteiger partial charge in [-0.1, -0.05) is 42.3 Å². The minimum absolute atomic E-state index is 0.228. The summed E-state index contributed by atoms with van der Waals surface area (Å²) in [6, 6.07) is 12.6. The number of hydrogen-bond acceptors (Lipinski definition) is 5. The molecule has 0 saturated carbocycles. The summed E-state index contributed by atoms with van der Waals surface area (Å²) in [6.45, 7) is 3.02. The molecule has 2 aromatic carbocycles. The lowest BCUT2D eigenvalue weighted by Gasteiger charge is -2.12. The summed E-state index contributed by atoms with van der Waals surface area (Å²) >= 11 is 12.4. The molecule has 1 heterocycles. The third-order valence-electron chi connectivity index (χ3n) is 4.32. The lowest BCUT2D eigenvalue weighted by atomic mass is 10.1. The molecule has 0 spiro atoms. The Morgan fingerprint density at radius 3 is 2.47 bits per heavy atom. The molecule has 6 nitrogen and oxygen atoms in total. The van der Waals surface area contributed by atoms with Crippen LogP contribution in [0, 0.1) is 6.92 Å². The smallest absolute Gasteiger partial charge is 0.344 e. The normalized spacial score (nSPS) is 10.7. The number of fused-ring (bicyclic) bond motifs is 1.